The smallest absolute Gasteiger partial charge is 0.00772 e. The Labute approximate surface area is 94.8 Å². The van der Waals surface area contributed by atoms with Gasteiger partial charge in [-0.2, -0.15) is 0 Å². The van der Waals surface area contributed by atoms with Gasteiger partial charge < -0.3 is 10.6 Å². The monoisotopic (exact) mass is 132 g/mol. The van der Waals surface area contributed by atoms with E-state index in [0.717, 1.165) is 26.2 Å². The van der Waals surface area contributed by atoms with Crippen molar-refractivity contribution in [2.75, 3.05) is 26.2 Å². The van der Waals surface area contributed by atoms with Crippen LogP contribution in [0.25, 0.3) is 0 Å². The summed E-state index contributed by atoms with van der Waals surface area (Å²) in [5.74, 6) is 0. The van der Waals surface area contributed by atoms with E-state index in [9.17, 15) is 0 Å². The van der Waals surface area contributed by atoms with E-state index < -0.39 is 0 Å². The maximum Gasteiger partial charge on any atom is 0.00772 e. The molecule has 1 aliphatic heterocycles. The molecule has 0 unspecified atom stereocenters. The Morgan fingerprint density at radius 3 is 1.00 bits per heavy atom. The Morgan fingerprint density at radius 1 is 0.625 bits per heavy atom. The number of nitrogens with one attached hydrogen (secondary N) is 2. The summed E-state index contributed by atoms with van der Waals surface area (Å²) >= 11 is 0. The summed E-state index contributed by atoms with van der Waals surface area (Å²) in [6.45, 7) is 4.56. The molecule has 0 atom stereocenters. The van der Waals surface area contributed by atoms with Crippen LogP contribution in [0.2, 0.25) is 0 Å². The van der Waals surface area contributed by atoms with Crippen LogP contribution in [0, 0.1) is 0 Å². The van der Waals surface area contributed by atoms with Gasteiger partial charge in [0.1, 0.15) is 0 Å². The first-order valence-corrected chi connectivity index (χ1v) is 2.41. The molecule has 4 heteroatoms. The molecule has 0 aromatic heterocycles. The topological polar surface area (TPSA) is 24.1 Å². The van der Waals surface area contributed by atoms with Gasteiger partial charge in [0.15, 0.2) is 0 Å². The average molecular weight is 132 g/mol. The second-order valence-corrected chi connectivity index (χ2v) is 1.50. The van der Waals surface area contributed by atoms with E-state index in [1.807, 2.05) is 0 Å². The Kier molecular flexibility index (Phi) is 14.0. The van der Waals surface area contributed by atoms with Gasteiger partial charge in [0.05, 0.1) is 0 Å². The van der Waals surface area contributed by atoms with Crippen molar-refractivity contribution in [2.45, 2.75) is 0 Å². The van der Waals surface area contributed by atoms with E-state index in [0.29, 0.717) is 0 Å². The minimum atomic E-state index is 0. The van der Waals surface area contributed by atoms with Gasteiger partial charge in [-0.3, -0.25) is 0 Å². The first kappa shape index (κ1) is 12.6. The van der Waals surface area contributed by atoms with Crippen LogP contribution in [-0.2, 0) is 0 Å². The van der Waals surface area contributed by atoms with Gasteiger partial charge in [-0.15, -0.1) is 0 Å². The maximum absolute atomic E-state index is 3.22. The van der Waals surface area contributed by atoms with Crippen LogP contribution >= 0.6 is 0 Å². The quantitative estimate of drug-likeness (QED) is 0.389. The van der Waals surface area contributed by atoms with Gasteiger partial charge in [0.2, 0.25) is 0 Å². The van der Waals surface area contributed by atoms with Crippen LogP contribution in [0.4, 0.5) is 0 Å². The van der Waals surface area contributed by atoms with Gasteiger partial charge in [-0.1, -0.05) is 0 Å². The molecule has 2 nitrogen and oxygen atoms in total. The van der Waals surface area contributed by atoms with Crippen LogP contribution < -0.4 is 10.6 Å². The third-order valence-electron chi connectivity index (χ3n) is 0.957. The third kappa shape index (κ3) is 6.05. The summed E-state index contributed by atoms with van der Waals surface area (Å²) in [5, 5.41) is 6.44. The van der Waals surface area contributed by atoms with Crippen LogP contribution in [0.3, 0.4) is 0 Å². The first-order chi connectivity index (χ1) is 3.00. The molecular formula is C4H10N2Na2. The zero-order valence-corrected chi connectivity index (χ0v) is 9.83. The third-order valence-corrected chi connectivity index (χ3v) is 0.957. The van der Waals surface area contributed by atoms with E-state index in [2.05, 4.69) is 10.6 Å². The maximum atomic E-state index is 3.22. The van der Waals surface area contributed by atoms with Gasteiger partial charge in [-0.05, 0) is 0 Å². The van der Waals surface area contributed by atoms with Gasteiger partial charge >= 0.3 is 0 Å². The fourth-order valence-corrected chi connectivity index (χ4v) is 0.604. The molecule has 38 valence electrons. The number of hydrogen-bond donors (Lipinski definition) is 2. The zero-order valence-electron chi connectivity index (χ0n) is 5.83. The van der Waals surface area contributed by atoms with E-state index in [4.69, 9.17) is 0 Å². The molecule has 0 aliphatic carbocycles. The Hall–Kier alpha value is 1.92. The van der Waals surface area contributed by atoms with Gasteiger partial charge in [0.25, 0.3) is 0 Å². The molecule has 1 saturated heterocycles. The molecule has 0 aromatic rings. The van der Waals surface area contributed by atoms with Crippen molar-refractivity contribution in [3.63, 3.8) is 0 Å². The molecule has 0 bridgehead atoms. The summed E-state index contributed by atoms with van der Waals surface area (Å²) in [6.07, 6.45) is 0. The average Bonchev–Trinajstić information content (AvgIpc) is 1.72. The second-order valence-electron chi connectivity index (χ2n) is 1.50. The number of hydrogen-bond acceptors (Lipinski definition) is 2. The van der Waals surface area contributed by atoms with E-state index in [-0.39, 0.29) is 59.1 Å². The fraction of sp³-hybridized carbons (Fsp3) is 1.00. The van der Waals surface area contributed by atoms with Crippen LogP contribution in [0.1, 0.15) is 0 Å². The van der Waals surface area contributed by atoms with E-state index >= 15 is 0 Å². The molecule has 0 spiro atoms. The summed E-state index contributed by atoms with van der Waals surface area (Å²) in [5.41, 5.74) is 0. The van der Waals surface area contributed by atoms with Crippen molar-refractivity contribution in [2.24, 2.45) is 0 Å². The van der Waals surface area contributed by atoms with Crippen molar-refractivity contribution >= 4 is 59.1 Å². The molecule has 1 heterocycles. The molecule has 1 fully saturated rings. The van der Waals surface area contributed by atoms with Crippen LogP contribution in [0.5, 0.6) is 0 Å². The predicted molar refractivity (Wildman–Crippen MR) is 37.2 cm³/mol. The SMILES string of the molecule is C1CNCCN1.[Na].[Na]. The largest absolute Gasteiger partial charge is 0.314 e. The van der Waals surface area contributed by atoms with Crippen molar-refractivity contribution in [3.8, 4) is 0 Å². The molecule has 1 aliphatic rings. The Bertz CT molecular complexity index is 27.5. The minimum Gasteiger partial charge on any atom is -0.314 e. The summed E-state index contributed by atoms with van der Waals surface area (Å²) in [7, 11) is 0. The van der Waals surface area contributed by atoms with Crippen molar-refractivity contribution in [1.29, 1.82) is 0 Å². The van der Waals surface area contributed by atoms with E-state index in [1.54, 1.807) is 0 Å². The molecular weight excluding hydrogens is 122 g/mol. The fourth-order valence-electron chi connectivity index (χ4n) is 0.604. The molecule has 2 N–H and O–H groups in total. The molecule has 0 saturated carbocycles. The standard InChI is InChI=1S/C4H10N2.2Na/c1-2-6-4-3-5-1;;/h5-6H,1-4H2;;. The Morgan fingerprint density at radius 2 is 0.875 bits per heavy atom. The molecule has 1 rings (SSSR count). The normalized spacial score (nSPS) is 18.0. The predicted octanol–water partition coefficient (Wildman–Crippen LogP) is -1.58. The van der Waals surface area contributed by atoms with Gasteiger partial charge in [0, 0.05) is 85.3 Å². The molecule has 0 amide bonds. The van der Waals surface area contributed by atoms with Crippen molar-refractivity contribution in [3.05, 3.63) is 0 Å². The minimum absolute atomic E-state index is 0. The molecule has 0 aromatic carbocycles. The summed E-state index contributed by atoms with van der Waals surface area (Å²) in [4.78, 5) is 0. The number of rotatable bonds is 0. The van der Waals surface area contributed by atoms with Gasteiger partial charge in [-0.25, -0.2) is 0 Å². The summed E-state index contributed by atoms with van der Waals surface area (Å²) in [6, 6.07) is 0. The van der Waals surface area contributed by atoms with Crippen molar-refractivity contribution < 1.29 is 0 Å². The second kappa shape index (κ2) is 8.92. The first-order valence-electron chi connectivity index (χ1n) is 2.41. The van der Waals surface area contributed by atoms with Crippen molar-refractivity contribution in [1.82, 2.24) is 10.6 Å². The molecule has 8 heavy (non-hydrogen) atoms. The molecule has 2 radical (unpaired) electrons. The number of piperazine rings is 1. The Balaban J connectivity index is 0. The van der Waals surface area contributed by atoms with E-state index in [1.165, 1.54) is 0 Å². The zero-order chi connectivity index (χ0) is 4.24. The summed E-state index contributed by atoms with van der Waals surface area (Å²) < 4.78 is 0. The van der Waals surface area contributed by atoms with Crippen LogP contribution in [0.15, 0.2) is 0 Å². The van der Waals surface area contributed by atoms with Crippen LogP contribution in [-0.4, -0.2) is 85.3 Å².